The Hall–Kier alpha value is -1.37. The summed E-state index contributed by atoms with van der Waals surface area (Å²) in [6, 6.07) is 12.3. The molecular weight excluding hydrogens is 354 g/mol. The van der Waals surface area contributed by atoms with E-state index in [9.17, 15) is 8.42 Å². The first-order valence-corrected chi connectivity index (χ1v) is 8.77. The molecule has 6 heteroatoms. The summed E-state index contributed by atoms with van der Waals surface area (Å²) < 4.78 is 27.6. The first-order chi connectivity index (χ1) is 10.0. The zero-order chi connectivity index (χ0) is 15.0. The Morgan fingerprint density at radius 3 is 2.67 bits per heavy atom. The predicted molar refractivity (Wildman–Crippen MR) is 84.7 cm³/mol. The number of sulfonamides is 1. The summed E-state index contributed by atoms with van der Waals surface area (Å²) in [5.74, 6) is 0. The number of benzene rings is 2. The molecule has 0 bridgehead atoms. The van der Waals surface area contributed by atoms with Gasteiger partial charge in [0.05, 0.1) is 12.3 Å². The molecule has 4 nitrogen and oxygen atoms in total. The van der Waals surface area contributed by atoms with Gasteiger partial charge in [0.25, 0.3) is 10.0 Å². The van der Waals surface area contributed by atoms with E-state index < -0.39 is 10.0 Å². The third-order valence-corrected chi connectivity index (χ3v) is 6.38. The molecule has 1 aliphatic heterocycles. The number of hydrogen-bond acceptors (Lipinski definition) is 3. The van der Waals surface area contributed by atoms with E-state index in [0.717, 1.165) is 17.7 Å². The minimum absolute atomic E-state index is 0.120. The van der Waals surface area contributed by atoms with Crippen LogP contribution in [-0.2, 0) is 23.1 Å². The fourth-order valence-corrected chi connectivity index (χ4v) is 5.12. The van der Waals surface area contributed by atoms with Crippen molar-refractivity contribution >= 4 is 31.6 Å². The fraction of sp³-hybridized carbons (Fsp3) is 0.200. The molecule has 0 atom stereocenters. The fourth-order valence-electron chi connectivity index (χ4n) is 2.53. The summed E-state index contributed by atoms with van der Waals surface area (Å²) in [6.07, 6.45) is 0.724. The summed E-state index contributed by atoms with van der Waals surface area (Å²) in [6.45, 7) is 0.335. The zero-order valence-electron chi connectivity index (χ0n) is 11.2. The van der Waals surface area contributed by atoms with Crippen LogP contribution in [0.25, 0.3) is 0 Å². The molecule has 2 aromatic carbocycles. The van der Waals surface area contributed by atoms with E-state index >= 15 is 0 Å². The van der Waals surface area contributed by atoms with E-state index in [1.807, 2.05) is 24.3 Å². The molecule has 21 heavy (non-hydrogen) atoms. The first kappa shape index (κ1) is 14.6. The lowest BCUT2D eigenvalue weighted by Gasteiger charge is -2.20. The van der Waals surface area contributed by atoms with Crippen molar-refractivity contribution in [1.29, 1.82) is 0 Å². The average Bonchev–Trinajstić information content (AvgIpc) is 2.91. The number of nitrogens with zero attached hydrogens (tertiary/aromatic N) is 1. The molecule has 0 saturated carbocycles. The Bertz CT molecular complexity index is 789. The van der Waals surface area contributed by atoms with Crippen LogP contribution in [0.3, 0.4) is 0 Å². The van der Waals surface area contributed by atoms with Crippen LogP contribution in [0.4, 0.5) is 5.69 Å². The minimum atomic E-state index is -3.60. The molecule has 0 aromatic heterocycles. The molecule has 3 rings (SSSR count). The Kier molecular flexibility index (Phi) is 3.77. The van der Waals surface area contributed by atoms with Crippen molar-refractivity contribution in [3.05, 3.63) is 58.1 Å². The van der Waals surface area contributed by atoms with Crippen molar-refractivity contribution in [3.63, 3.8) is 0 Å². The van der Waals surface area contributed by atoms with Gasteiger partial charge in [0.2, 0.25) is 0 Å². The number of aliphatic hydroxyl groups excluding tert-OH is 1. The van der Waals surface area contributed by atoms with Crippen LogP contribution in [0.2, 0.25) is 0 Å². The van der Waals surface area contributed by atoms with Crippen LogP contribution < -0.4 is 4.31 Å². The Morgan fingerprint density at radius 1 is 1.19 bits per heavy atom. The SMILES string of the molecule is O=S(=O)(c1ccc(CO)cc1Br)N1CCc2ccccc21. The van der Waals surface area contributed by atoms with Gasteiger partial charge in [-0.1, -0.05) is 24.3 Å². The Morgan fingerprint density at radius 2 is 1.95 bits per heavy atom. The molecule has 0 fully saturated rings. The third-order valence-electron chi connectivity index (χ3n) is 3.59. The number of fused-ring (bicyclic) bond motifs is 1. The summed E-state index contributed by atoms with van der Waals surface area (Å²) in [4.78, 5) is 0.219. The van der Waals surface area contributed by atoms with Crippen LogP contribution in [0, 0.1) is 0 Å². The largest absolute Gasteiger partial charge is 0.392 e. The highest BCUT2D eigenvalue weighted by Crippen LogP contribution is 2.35. The van der Waals surface area contributed by atoms with Gasteiger partial charge >= 0.3 is 0 Å². The monoisotopic (exact) mass is 367 g/mol. The van der Waals surface area contributed by atoms with Gasteiger partial charge in [-0.25, -0.2) is 8.42 Å². The van der Waals surface area contributed by atoms with Gasteiger partial charge in [0, 0.05) is 11.0 Å². The zero-order valence-corrected chi connectivity index (χ0v) is 13.6. The summed E-state index contributed by atoms with van der Waals surface area (Å²) >= 11 is 3.29. The first-order valence-electron chi connectivity index (χ1n) is 6.54. The van der Waals surface area contributed by atoms with Gasteiger partial charge in [-0.05, 0) is 51.7 Å². The smallest absolute Gasteiger partial charge is 0.265 e. The molecule has 1 N–H and O–H groups in total. The lowest BCUT2D eigenvalue weighted by atomic mass is 10.2. The third kappa shape index (κ3) is 2.47. The highest BCUT2D eigenvalue weighted by Gasteiger charge is 2.31. The second kappa shape index (κ2) is 5.44. The highest BCUT2D eigenvalue weighted by molar-refractivity contribution is 9.10. The van der Waals surface area contributed by atoms with Crippen LogP contribution in [0.15, 0.2) is 51.8 Å². The summed E-state index contributed by atoms with van der Waals surface area (Å²) in [7, 11) is -3.60. The van der Waals surface area contributed by atoms with Crippen molar-refractivity contribution in [2.24, 2.45) is 0 Å². The van der Waals surface area contributed by atoms with Crippen LogP contribution >= 0.6 is 15.9 Å². The molecule has 1 aliphatic rings. The van der Waals surface area contributed by atoms with E-state index in [4.69, 9.17) is 5.11 Å². The van der Waals surface area contributed by atoms with E-state index in [1.165, 1.54) is 10.4 Å². The number of halogens is 1. The number of para-hydroxylation sites is 1. The van der Waals surface area contributed by atoms with E-state index in [-0.39, 0.29) is 11.5 Å². The van der Waals surface area contributed by atoms with Crippen LogP contribution in [0.1, 0.15) is 11.1 Å². The van der Waals surface area contributed by atoms with Gasteiger partial charge in [0.1, 0.15) is 4.90 Å². The molecular formula is C15H14BrNO3S. The maximum atomic E-state index is 12.9. The molecule has 0 saturated heterocycles. The lowest BCUT2D eigenvalue weighted by Crippen LogP contribution is -2.29. The van der Waals surface area contributed by atoms with Crippen LogP contribution in [0.5, 0.6) is 0 Å². The predicted octanol–water partition coefficient (Wildman–Crippen LogP) is 2.69. The van der Waals surface area contributed by atoms with E-state index in [0.29, 0.717) is 16.6 Å². The van der Waals surface area contributed by atoms with Crippen LogP contribution in [-0.4, -0.2) is 20.1 Å². The Labute approximate surface area is 132 Å². The maximum absolute atomic E-state index is 12.9. The van der Waals surface area contributed by atoms with Gasteiger partial charge in [-0.2, -0.15) is 0 Å². The summed E-state index contributed by atoms with van der Waals surface area (Å²) in [5, 5.41) is 9.12. The quantitative estimate of drug-likeness (QED) is 0.907. The lowest BCUT2D eigenvalue weighted by molar-refractivity contribution is 0.281. The number of rotatable bonds is 3. The number of anilines is 1. The highest BCUT2D eigenvalue weighted by atomic mass is 79.9. The normalized spacial score (nSPS) is 14.3. The van der Waals surface area contributed by atoms with Crippen molar-refractivity contribution in [2.45, 2.75) is 17.9 Å². The second-order valence-corrected chi connectivity index (χ2v) is 7.56. The molecule has 2 aromatic rings. The van der Waals surface area contributed by atoms with Crippen molar-refractivity contribution < 1.29 is 13.5 Å². The van der Waals surface area contributed by atoms with Gasteiger partial charge in [0.15, 0.2) is 0 Å². The molecule has 0 spiro atoms. The molecule has 0 radical (unpaired) electrons. The summed E-state index contributed by atoms with van der Waals surface area (Å²) in [5.41, 5.74) is 2.46. The van der Waals surface area contributed by atoms with E-state index in [2.05, 4.69) is 15.9 Å². The average molecular weight is 368 g/mol. The molecule has 0 unspecified atom stereocenters. The minimum Gasteiger partial charge on any atom is -0.392 e. The standard InChI is InChI=1S/C15H14BrNO3S/c16-13-9-11(10-18)5-6-15(13)21(19,20)17-8-7-12-3-1-2-4-14(12)17/h1-6,9,18H,7-8,10H2. The molecule has 0 aliphatic carbocycles. The Balaban J connectivity index is 2.06. The van der Waals surface area contributed by atoms with Crippen molar-refractivity contribution in [2.75, 3.05) is 10.8 Å². The van der Waals surface area contributed by atoms with Gasteiger partial charge in [-0.15, -0.1) is 0 Å². The van der Waals surface area contributed by atoms with Gasteiger partial charge in [-0.3, -0.25) is 4.31 Å². The van der Waals surface area contributed by atoms with Crippen molar-refractivity contribution in [3.8, 4) is 0 Å². The number of hydrogen-bond donors (Lipinski definition) is 1. The topological polar surface area (TPSA) is 57.6 Å². The number of aliphatic hydroxyl groups is 1. The molecule has 110 valence electrons. The van der Waals surface area contributed by atoms with E-state index in [1.54, 1.807) is 12.1 Å². The van der Waals surface area contributed by atoms with Crippen molar-refractivity contribution in [1.82, 2.24) is 0 Å². The molecule has 1 heterocycles. The second-order valence-electron chi connectivity index (χ2n) is 4.88. The molecule has 0 amide bonds. The van der Waals surface area contributed by atoms with Gasteiger partial charge < -0.3 is 5.11 Å². The maximum Gasteiger partial charge on any atom is 0.265 e.